The van der Waals surface area contributed by atoms with Crippen molar-refractivity contribution in [3.63, 3.8) is 0 Å². The fourth-order valence-corrected chi connectivity index (χ4v) is 6.80. The first-order valence-corrected chi connectivity index (χ1v) is 14.9. The molecule has 0 spiro atoms. The molecule has 0 N–H and O–H groups in total. The van der Waals surface area contributed by atoms with Gasteiger partial charge in [0.05, 0.1) is 14.2 Å². The molecule has 2 heterocycles. The van der Waals surface area contributed by atoms with Gasteiger partial charge in [0.15, 0.2) is 0 Å². The molecule has 0 atom stereocenters. The van der Waals surface area contributed by atoms with Gasteiger partial charge in [-0.25, -0.2) is 0 Å². The minimum atomic E-state index is 0.899. The first kappa shape index (κ1) is 25.9. The van der Waals surface area contributed by atoms with Gasteiger partial charge in [-0.1, -0.05) is 35.9 Å². The molecule has 3 aromatic carbocycles. The number of thioether (sulfide) groups is 2. The normalized spacial score (nSPS) is 15.0. The minimum Gasteiger partial charge on any atom is -0.496 e. The summed E-state index contributed by atoms with van der Waals surface area (Å²) in [5.74, 6) is 3.66. The molecule has 37 heavy (non-hydrogen) atoms. The molecule has 0 bridgehead atoms. The maximum Gasteiger partial charge on any atom is 0.133 e. The average Bonchev–Trinajstić information content (AvgIpc) is 3.65. The van der Waals surface area contributed by atoms with E-state index in [0.717, 1.165) is 61.8 Å². The monoisotopic (exact) mass is 530 g/mol. The van der Waals surface area contributed by atoms with Gasteiger partial charge < -0.3 is 9.47 Å². The van der Waals surface area contributed by atoms with Crippen LogP contribution in [0.4, 0.5) is 0 Å². The second kappa shape index (κ2) is 12.2. The maximum atomic E-state index is 5.73. The average molecular weight is 531 g/mol. The highest BCUT2D eigenvalue weighted by molar-refractivity contribution is 7.98. The zero-order valence-electron chi connectivity index (χ0n) is 21.9. The van der Waals surface area contributed by atoms with Crippen molar-refractivity contribution in [2.75, 3.05) is 27.3 Å². The van der Waals surface area contributed by atoms with E-state index >= 15 is 0 Å². The SMILES string of the molecule is COc1cc(C2=NCCC2)ccc1SCc1cc(C)cc(CSc2ccc(C3=NCCC3)cc2OC)c1. The first-order valence-electron chi connectivity index (χ1n) is 12.9. The van der Waals surface area contributed by atoms with Crippen molar-refractivity contribution in [1.29, 1.82) is 0 Å². The van der Waals surface area contributed by atoms with Gasteiger partial charge >= 0.3 is 0 Å². The number of benzene rings is 3. The van der Waals surface area contributed by atoms with E-state index in [2.05, 4.69) is 71.5 Å². The zero-order valence-corrected chi connectivity index (χ0v) is 23.5. The van der Waals surface area contributed by atoms with Crippen LogP contribution >= 0.6 is 23.5 Å². The summed E-state index contributed by atoms with van der Waals surface area (Å²) in [4.78, 5) is 11.6. The Morgan fingerprint density at radius 1 is 0.676 bits per heavy atom. The number of nitrogens with zero attached hydrogens (tertiary/aromatic N) is 2. The lowest BCUT2D eigenvalue weighted by molar-refractivity contribution is 0.404. The first-order chi connectivity index (χ1) is 18.1. The van der Waals surface area contributed by atoms with Gasteiger partial charge in [-0.05, 0) is 79.1 Å². The molecule has 0 saturated carbocycles. The van der Waals surface area contributed by atoms with Gasteiger partial charge in [-0.15, -0.1) is 23.5 Å². The van der Waals surface area contributed by atoms with Crippen molar-refractivity contribution >= 4 is 34.9 Å². The van der Waals surface area contributed by atoms with Crippen LogP contribution in [0.3, 0.4) is 0 Å². The number of aryl methyl sites for hydroxylation is 1. The Kier molecular flexibility index (Phi) is 8.57. The number of methoxy groups -OCH3 is 2. The van der Waals surface area contributed by atoms with E-state index < -0.39 is 0 Å². The Morgan fingerprint density at radius 3 is 1.57 bits per heavy atom. The van der Waals surface area contributed by atoms with Crippen molar-refractivity contribution in [2.24, 2.45) is 9.98 Å². The summed E-state index contributed by atoms with van der Waals surface area (Å²) >= 11 is 3.65. The number of aliphatic imine (C=N–C) groups is 2. The van der Waals surface area contributed by atoms with Gasteiger partial charge in [0.25, 0.3) is 0 Å². The highest BCUT2D eigenvalue weighted by Crippen LogP contribution is 2.36. The van der Waals surface area contributed by atoms with Crippen molar-refractivity contribution in [3.05, 3.63) is 82.4 Å². The van der Waals surface area contributed by atoms with Crippen LogP contribution in [0.5, 0.6) is 11.5 Å². The molecule has 0 aromatic heterocycles. The third-order valence-electron chi connectivity index (χ3n) is 6.73. The predicted octanol–water partition coefficient (Wildman–Crippen LogP) is 7.76. The Balaban J connectivity index is 1.25. The summed E-state index contributed by atoms with van der Waals surface area (Å²) in [6.45, 7) is 4.06. The molecule has 6 heteroatoms. The quantitative estimate of drug-likeness (QED) is 0.251. The summed E-state index contributed by atoms with van der Waals surface area (Å²) in [6.07, 6.45) is 4.42. The van der Waals surface area contributed by atoms with Crippen LogP contribution in [-0.4, -0.2) is 38.7 Å². The molecule has 0 radical (unpaired) electrons. The van der Waals surface area contributed by atoms with Gasteiger partial charge in [0.1, 0.15) is 11.5 Å². The van der Waals surface area contributed by atoms with Crippen LogP contribution in [0.25, 0.3) is 0 Å². The molecular formula is C31H34N2O2S2. The van der Waals surface area contributed by atoms with Crippen molar-refractivity contribution < 1.29 is 9.47 Å². The van der Waals surface area contributed by atoms with Crippen LogP contribution in [0.1, 0.15) is 53.5 Å². The third kappa shape index (κ3) is 6.42. The number of ether oxygens (including phenoxy) is 2. The molecule has 5 rings (SSSR count). The van der Waals surface area contributed by atoms with Crippen LogP contribution in [0, 0.1) is 6.92 Å². The molecule has 2 aliphatic heterocycles. The van der Waals surface area contributed by atoms with E-state index in [1.165, 1.54) is 49.0 Å². The summed E-state index contributed by atoms with van der Waals surface area (Å²) < 4.78 is 11.5. The standard InChI is InChI=1S/C31H34N2O2S2/c1-21-14-22(19-36-30-10-8-24(17-28(30)34-2)26-6-4-12-32-26)16-23(15-21)20-37-31-11-9-25(18-29(31)35-3)27-7-5-13-33-27/h8-11,14-18H,4-7,12-13,19-20H2,1-3H3. The van der Waals surface area contributed by atoms with E-state index in [-0.39, 0.29) is 0 Å². The summed E-state index contributed by atoms with van der Waals surface area (Å²) in [5.41, 5.74) is 8.73. The molecule has 0 aliphatic carbocycles. The number of hydrogen-bond donors (Lipinski definition) is 0. The Bertz CT molecular complexity index is 1240. The third-order valence-corrected chi connectivity index (χ3v) is 8.98. The van der Waals surface area contributed by atoms with E-state index in [4.69, 9.17) is 9.47 Å². The number of hydrogen-bond acceptors (Lipinski definition) is 6. The van der Waals surface area contributed by atoms with E-state index in [1.54, 1.807) is 14.2 Å². The highest BCUT2D eigenvalue weighted by Gasteiger charge is 2.14. The van der Waals surface area contributed by atoms with Gasteiger partial charge in [0.2, 0.25) is 0 Å². The smallest absolute Gasteiger partial charge is 0.133 e. The lowest BCUT2D eigenvalue weighted by Crippen LogP contribution is -1.98. The second-order valence-electron chi connectivity index (χ2n) is 9.50. The number of rotatable bonds is 10. The Morgan fingerprint density at radius 2 is 1.16 bits per heavy atom. The van der Waals surface area contributed by atoms with Crippen molar-refractivity contribution in [3.8, 4) is 11.5 Å². The topological polar surface area (TPSA) is 43.2 Å². The summed E-state index contributed by atoms with van der Waals surface area (Å²) in [6, 6.07) is 19.9. The summed E-state index contributed by atoms with van der Waals surface area (Å²) in [7, 11) is 3.51. The molecule has 0 fully saturated rings. The van der Waals surface area contributed by atoms with Crippen LogP contribution in [-0.2, 0) is 11.5 Å². The molecular weight excluding hydrogens is 496 g/mol. The lowest BCUT2D eigenvalue weighted by Gasteiger charge is -2.13. The molecule has 3 aromatic rings. The molecule has 0 amide bonds. The molecule has 192 valence electrons. The zero-order chi connectivity index (χ0) is 25.6. The van der Waals surface area contributed by atoms with Crippen molar-refractivity contribution in [2.45, 2.75) is 53.9 Å². The molecule has 4 nitrogen and oxygen atoms in total. The van der Waals surface area contributed by atoms with Crippen LogP contribution < -0.4 is 9.47 Å². The maximum absolute atomic E-state index is 5.73. The van der Waals surface area contributed by atoms with E-state index in [9.17, 15) is 0 Å². The highest BCUT2D eigenvalue weighted by atomic mass is 32.2. The Hall–Kier alpha value is -2.70. The Labute approximate surface area is 229 Å². The largest absolute Gasteiger partial charge is 0.496 e. The molecule has 2 aliphatic rings. The molecule has 0 unspecified atom stereocenters. The fourth-order valence-electron chi connectivity index (χ4n) is 4.92. The second-order valence-corrected chi connectivity index (χ2v) is 11.5. The predicted molar refractivity (Wildman–Crippen MR) is 158 cm³/mol. The van der Waals surface area contributed by atoms with Gasteiger partial charge in [-0.2, -0.15) is 0 Å². The minimum absolute atomic E-state index is 0.899. The van der Waals surface area contributed by atoms with Crippen LogP contribution in [0.15, 0.2) is 74.4 Å². The fraction of sp³-hybridized carbons (Fsp3) is 0.355. The molecule has 0 saturated heterocycles. The van der Waals surface area contributed by atoms with Gasteiger partial charge in [-0.3, -0.25) is 9.98 Å². The van der Waals surface area contributed by atoms with Gasteiger partial charge in [0, 0.05) is 45.8 Å². The van der Waals surface area contributed by atoms with Crippen LogP contribution in [0.2, 0.25) is 0 Å². The summed E-state index contributed by atoms with van der Waals surface area (Å²) in [5, 5.41) is 0. The lowest BCUT2D eigenvalue weighted by atomic mass is 10.1. The van der Waals surface area contributed by atoms with E-state index in [0.29, 0.717) is 0 Å². The van der Waals surface area contributed by atoms with Crippen molar-refractivity contribution in [1.82, 2.24) is 0 Å². The van der Waals surface area contributed by atoms with E-state index in [1.807, 2.05) is 23.5 Å².